The third-order valence-electron chi connectivity index (χ3n) is 7.72. The summed E-state index contributed by atoms with van der Waals surface area (Å²) in [7, 11) is -4.20. The Bertz CT molecular complexity index is 1800. The van der Waals surface area contributed by atoms with Crippen molar-refractivity contribution in [3.8, 4) is 0 Å². The van der Waals surface area contributed by atoms with Crippen LogP contribution in [0.15, 0.2) is 95.9 Å². The van der Waals surface area contributed by atoms with Gasteiger partial charge in [0.2, 0.25) is 11.8 Å². The molecule has 0 aliphatic rings. The van der Waals surface area contributed by atoms with Gasteiger partial charge in [0.15, 0.2) is 0 Å². The van der Waals surface area contributed by atoms with E-state index in [9.17, 15) is 18.0 Å². The number of hydrogen-bond acceptors (Lipinski definition) is 4. The van der Waals surface area contributed by atoms with Crippen LogP contribution in [0.5, 0.6) is 0 Å². The lowest BCUT2D eigenvalue weighted by Crippen LogP contribution is -2.54. The van der Waals surface area contributed by atoms with E-state index in [-0.39, 0.29) is 29.8 Å². The van der Waals surface area contributed by atoms with Crippen LogP contribution in [0, 0.1) is 20.8 Å². The van der Waals surface area contributed by atoms with Crippen LogP contribution in [-0.4, -0.2) is 43.8 Å². The average molecular weight is 681 g/mol. The summed E-state index contributed by atoms with van der Waals surface area (Å²) in [6.45, 7) is 8.77. The predicted molar refractivity (Wildman–Crippen MR) is 186 cm³/mol. The van der Waals surface area contributed by atoms with Gasteiger partial charge in [-0.3, -0.25) is 13.9 Å². The largest absolute Gasteiger partial charge is 0.352 e. The van der Waals surface area contributed by atoms with Gasteiger partial charge in [0.25, 0.3) is 10.0 Å². The fraction of sp³-hybridized carbons (Fsp3) is 0.278. The van der Waals surface area contributed by atoms with E-state index in [2.05, 4.69) is 5.32 Å². The number of sulfonamides is 1. The minimum absolute atomic E-state index is 0.0508. The van der Waals surface area contributed by atoms with E-state index in [0.717, 1.165) is 26.6 Å². The van der Waals surface area contributed by atoms with Crippen molar-refractivity contribution in [3.05, 3.63) is 129 Å². The summed E-state index contributed by atoms with van der Waals surface area (Å²) in [6, 6.07) is 24.9. The van der Waals surface area contributed by atoms with E-state index in [1.54, 1.807) is 42.5 Å². The first-order valence-corrected chi connectivity index (χ1v) is 17.2. The second kappa shape index (κ2) is 15.2. The summed E-state index contributed by atoms with van der Waals surface area (Å²) in [6.07, 6.45) is 0.199. The minimum atomic E-state index is -4.20. The van der Waals surface area contributed by atoms with Crippen molar-refractivity contribution in [2.75, 3.05) is 10.8 Å². The number of nitrogens with zero attached hydrogens (tertiary/aromatic N) is 2. The van der Waals surface area contributed by atoms with Gasteiger partial charge in [0.05, 0.1) is 10.6 Å². The molecule has 242 valence electrons. The zero-order chi connectivity index (χ0) is 33.6. The molecule has 0 aliphatic carbocycles. The number of hydrogen-bond donors (Lipinski definition) is 1. The fourth-order valence-electron chi connectivity index (χ4n) is 5.02. The predicted octanol–water partition coefficient (Wildman–Crippen LogP) is 7.28. The Balaban J connectivity index is 1.84. The Morgan fingerprint density at radius 3 is 2.11 bits per heavy atom. The summed E-state index contributed by atoms with van der Waals surface area (Å²) < 4.78 is 29.6. The standard InChI is InChI=1S/C36H39Cl2N3O4S/c1-24(2)39-36(43)34(20-28-9-7-6-8-10-28)40(22-29-14-15-30(37)21-33(29)38)35(42)23-41(31-16-13-26(4)27(5)19-31)46(44,45)32-17-11-25(3)12-18-32/h6-19,21,24,34H,20,22-23H2,1-5H3,(H,39,43)/t34-/m0/s1. The zero-order valence-electron chi connectivity index (χ0n) is 26.6. The van der Waals surface area contributed by atoms with Crippen molar-refractivity contribution < 1.29 is 18.0 Å². The Kier molecular flexibility index (Phi) is 11.5. The lowest BCUT2D eigenvalue weighted by molar-refractivity contribution is -0.140. The summed E-state index contributed by atoms with van der Waals surface area (Å²) >= 11 is 12.7. The summed E-state index contributed by atoms with van der Waals surface area (Å²) in [4.78, 5) is 29.9. The highest BCUT2D eigenvalue weighted by Gasteiger charge is 2.35. The molecule has 0 heterocycles. The fourth-order valence-corrected chi connectivity index (χ4v) is 6.89. The monoisotopic (exact) mass is 679 g/mol. The van der Waals surface area contributed by atoms with Crippen molar-refractivity contribution in [1.29, 1.82) is 0 Å². The lowest BCUT2D eigenvalue weighted by atomic mass is 10.0. The van der Waals surface area contributed by atoms with Crippen LogP contribution >= 0.6 is 23.2 Å². The van der Waals surface area contributed by atoms with Crippen molar-refractivity contribution in [3.63, 3.8) is 0 Å². The third kappa shape index (κ3) is 8.69. The molecular formula is C36H39Cl2N3O4S. The first-order valence-electron chi connectivity index (χ1n) is 15.0. The van der Waals surface area contributed by atoms with Crippen LogP contribution in [-0.2, 0) is 32.6 Å². The number of benzene rings is 4. The maximum Gasteiger partial charge on any atom is 0.264 e. The van der Waals surface area contributed by atoms with Crippen molar-refractivity contribution in [1.82, 2.24) is 10.2 Å². The molecule has 0 aliphatic heterocycles. The van der Waals surface area contributed by atoms with Gasteiger partial charge in [-0.1, -0.05) is 83.4 Å². The maximum absolute atomic E-state index is 14.6. The number of rotatable bonds is 12. The molecule has 0 saturated heterocycles. The van der Waals surface area contributed by atoms with Gasteiger partial charge in [-0.15, -0.1) is 0 Å². The third-order valence-corrected chi connectivity index (χ3v) is 10.1. The molecule has 4 aromatic carbocycles. The number of carbonyl (C=O) groups excluding carboxylic acids is 2. The van der Waals surface area contributed by atoms with E-state index >= 15 is 0 Å². The van der Waals surface area contributed by atoms with Gasteiger partial charge in [-0.25, -0.2) is 8.42 Å². The molecule has 0 saturated carbocycles. The Labute approximate surface area is 282 Å². The van der Waals surface area contributed by atoms with Crippen LogP contribution in [0.2, 0.25) is 10.0 Å². The van der Waals surface area contributed by atoms with Crippen molar-refractivity contribution in [2.45, 2.75) is 64.6 Å². The first-order chi connectivity index (χ1) is 21.8. The van der Waals surface area contributed by atoms with E-state index in [1.807, 2.05) is 71.0 Å². The molecule has 1 N–H and O–H groups in total. The molecule has 0 unspecified atom stereocenters. The molecule has 0 radical (unpaired) electrons. The van der Waals surface area contributed by atoms with Gasteiger partial charge in [0, 0.05) is 29.1 Å². The van der Waals surface area contributed by atoms with E-state index in [1.165, 1.54) is 17.0 Å². The Morgan fingerprint density at radius 1 is 0.826 bits per heavy atom. The van der Waals surface area contributed by atoms with Gasteiger partial charge < -0.3 is 10.2 Å². The highest BCUT2D eigenvalue weighted by Crippen LogP contribution is 2.28. The second-order valence-corrected chi connectivity index (χ2v) is 14.4. The molecule has 10 heteroatoms. The normalized spacial score (nSPS) is 12.1. The van der Waals surface area contributed by atoms with Crippen LogP contribution in [0.4, 0.5) is 5.69 Å². The minimum Gasteiger partial charge on any atom is -0.352 e. The molecule has 2 amide bonds. The maximum atomic E-state index is 14.6. The molecule has 4 rings (SSSR count). The summed E-state index contributed by atoms with van der Waals surface area (Å²) in [5.41, 5.74) is 4.50. The second-order valence-electron chi connectivity index (χ2n) is 11.7. The highest BCUT2D eigenvalue weighted by atomic mass is 35.5. The summed E-state index contributed by atoms with van der Waals surface area (Å²) in [5, 5.41) is 3.70. The first kappa shape index (κ1) is 35.0. The molecular weight excluding hydrogens is 641 g/mol. The summed E-state index contributed by atoms with van der Waals surface area (Å²) in [5.74, 6) is -0.934. The molecule has 46 heavy (non-hydrogen) atoms. The number of anilines is 1. The number of carbonyl (C=O) groups is 2. The average Bonchev–Trinajstić information content (AvgIpc) is 3.00. The molecule has 0 fully saturated rings. The van der Waals surface area contributed by atoms with Crippen LogP contribution in [0.3, 0.4) is 0 Å². The SMILES string of the molecule is Cc1ccc(S(=O)(=O)N(CC(=O)N(Cc2ccc(Cl)cc2Cl)[C@@H](Cc2ccccc2)C(=O)NC(C)C)c2ccc(C)c(C)c2)cc1. The molecule has 0 bridgehead atoms. The van der Waals surface area contributed by atoms with Gasteiger partial charge >= 0.3 is 0 Å². The Hall–Kier alpha value is -3.85. The smallest absolute Gasteiger partial charge is 0.264 e. The van der Waals surface area contributed by atoms with E-state index < -0.39 is 28.5 Å². The number of amides is 2. The molecule has 0 spiro atoms. The van der Waals surface area contributed by atoms with Crippen molar-refractivity contribution in [2.24, 2.45) is 0 Å². The van der Waals surface area contributed by atoms with Gasteiger partial charge in [-0.2, -0.15) is 0 Å². The van der Waals surface area contributed by atoms with Crippen LogP contribution in [0.25, 0.3) is 0 Å². The molecule has 7 nitrogen and oxygen atoms in total. The van der Waals surface area contributed by atoms with Gasteiger partial charge in [0.1, 0.15) is 12.6 Å². The van der Waals surface area contributed by atoms with E-state index in [4.69, 9.17) is 23.2 Å². The Morgan fingerprint density at radius 2 is 1.50 bits per heavy atom. The molecule has 0 aromatic heterocycles. The quantitative estimate of drug-likeness (QED) is 0.171. The van der Waals surface area contributed by atoms with Gasteiger partial charge in [-0.05, 0) is 93.3 Å². The number of halogens is 2. The zero-order valence-corrected chi connectivity index (χ0v) is 29.0. The molecule has 1 atom stereocenters. The topological polar surface area (TPSA) is 86.8 Å². The lowest BCUT2D eigenvalue weighted by Gasteiger charge is -2.34. The van der Waals surface area contributed by atoms with E-state index in [0.29, 0.717) is 21.3 Å². The molecule has 4 aromatic rings. The number of nitrogens with one attached hydrogen (secondary N) is 1. The van der Waals surface area contributed by atoms with Crippen LogP contribution in [0.1, 0.15) is 41.7 Å². The van der Waals surface area contributed by atoms with Crippen molar-refractivity contribution >= 4 is 50.7 Å². The number of aryl methyl sites for hydroxylation is 3. The van der Waals surface area contributed by atoms with Crippen LogP contribution < -0.4 is 9.62 Å². The highest BCUT2D eigenvalue weighted by molar-refractivity contribution is 7.92.